The Bertz CT molecular complexity index is 688. The monoisotopic (exact) mass is 242 g/mol. The molecule has 0 saturated carbocycles. The van der Waals surface area contributed by atoms with E-state index >= 15 is 0 Å². The Kier molecular flexibility index (Phi) is 2.34. The van der Waals surface area contributed by atoms with E-state index < -0.39 is 0 Å². The summed E-state index contributed by atoms with van der Waals surface area (Å²) in [4.78, 5) is 0. The van der Waals surface area contributed by atoms with Gasteiger partial charge < -0.3 is 5.11 Å². The first-order valence-corrected chi connectivity index (χ1v) is 6.25. The lowest BCUT2D eigenvalue weighted by Crippen LogP contribution is -2.28. The van der Waals surface area contributed by atoms with Gasteiger partial charge in [-0.2, -0.15) is 4.57 Å². The van der Waals surface area contributed by atoms with E-state index in [-0.39, 0.29) is 0 Å². The molecule has 3 heteroatoms. The summed E-state index contributed by atoms with van der Waals surface area (Å²) in [5.41, 5.74) is 2.08. The van der Waals surface area contributed by atoms with Crippen molar-refractivity contribution in [3.05, 3.63) is 48.5 Å². The van der Waals surface area contributed by atoms with Crippen LogP contribution in [-0.2, 0) is 7.05 Å². The van der Waals surface area contributed by atoms with Gasteiger partial charge in [0, 0.05) is 6.07 Å². The third-order valence-corrected chi connectivity index (χ3v) is 4.12. The fourth-order valence-electron chi connectivity index (χ4n) is 1.99. The summed E-state index contributed by atoms with van der Waals surface area (Å²) in [6.45, 7) is 0. The summed E-state index contributed by atoms with van der Waals surface area (Å²) in [6.07, 6.45) is 0. The Labute approximate surface area is 103 Å². The number of aromatic hydroxyl groups is 1. The number of phenols is 1. The van der Waals surface area contributed by atoms with E-state index in [0.717, 1.165) is 10.6 Å². The molecule has 3 aromatic rings. The highest BCUT2D eigenvalue weighted by molar-refractivity contribution is 7.21. The van der Waals surface area contributed by atoms with Crippen LogP contribution in [0.4, 0.5) is 0 Å². The van der Waals surface area contributed by atoms with Crippen LogP contribution in [0.15, 0.2) is 48.5 Å². The van der Waals surface area contributed by atoms with Crippen molar-refractivity contribution in [2.24, 2.45) is 7.05 Å². The van der Waals surface area contributed by atoms with Gasteiger partial charge in [-0.15, -0.1) is 0 Å². The highest BCUT2D eigenvalue weighted by atomic mass is 32.1. The van der Waals surface area contributed by atoms with Gasteiger partial charge in [0.15, 0.2) is 0 Å². The first-order chi connectivity index (χ1) is 8.27. The van der Waals surface area contributed by atoms with E-state index in [1.807, 2.05) is 37.4 Å². The number of phenolic OH excluding ortho intramolecular Hbond substituents is 1. The van der Waals surface area contributed by atoms with Gasteiger partial charge in [0.25, 0.3) is 5.01 Å². The molecular formula is C14H12NOS+. The lowest BCUT2D eigenvalue weighted by molar-refractivity contribution is -0.629. The van der Waals surface area contributed by atoms with Crippen molar-refractivity contribution in [1.82, 2.24) is 0 Å². The number of rotatable bonds is 1. The summed E-state index contributed by atoms with van der Waals surface area (Å²) in [6, 6.07) is 15.7. The Morgan fingerprint density at radius 3 is 2.47 bits per heavy atom. The standard InChI is InChI=1S/C14H11NOS/c1-15-11-7-3-5-9-13(11)17-14(15)10-6-2-4-8-12(10)16/h2-9H,1H3/p+1. The number of benzene rings is 2. The second kappa shape index (κ2) is 3.86. The molecule has 0 aliphatic carbocycles. The van der Waals surface area contributed by atoms with Crippen molar-refractivity contribution in [2.75, 3.05) is 0 Å². The van der Waals surface area contributed by atoms with E-state index in [9.17, 15) is 5.11 Å². The van der Waals surface area contributed by atoms with Crippen LogP contribution >= 0.6 is 11.3 Å². The fraction of sp³-hybridized carbons (Fsp3) is 0.0714. The number of thiazole rings is 1. The maximum Gasteiger partial charge on any atom is 0.273 e. The number of aryl methyl sites for hydroxylation is 1. The molecule has 1 heterocycles. The van der Waals surface area contributed by atoms with Crippen LogP contribution < -0.4 is 4.57 Å². The number of hydrogen-bond donors (Lipinski definition) is 1. The summed E-state index contributed by atoms with van der Waals surface area (Å²) in [5, 5.41) is 11.0. The molecule has 0 aliphatic heterocycles. The maximum atomic E-state index is 9.91. The number of nitrogens with zero attached hydrogens (tertiary/aromatic N) is 1. The number of fused-ring (bicyclic) bond motifs is 1. The second-order valence-electron chi connectivity index (χ2n) is 3.95. The average molecular weight is 242 g/mol. The topological polar surface area (TPSA) is 24.1 Å². The predicted octanol–water partition coefficient (Wildman–Crippen LogP) is 3.10. The zero-order valence-electron chi connectivity index (χ0n) is 9.42. The third-order valence-electron chi connectivity index (χ3n) is 2.87. The van der Waals surface area contributed by atoms with Crippen LogP contribution in [0.25, 0.3) is 20.8 Å². The lowest BCUT2D eigenvalue weighted by atomic mass is 10.2. The van der Waals surface area contributed by atoms with E-state index in [0.29, 0.717) is 5.75 Å². The van der Waals surface area contributed by atoms with E-state index in [1.165, 1.54) is 10.2 Å². The lowest BCUT2D eigenvalue weighted by Gasteiger charge is -1.97. The SMILES string of the molecule is C[n+]1c(-c2ccccc2O)sc2ccccc21. The molecule has 17 heavy (non-hydrogen) atoms. The Hall–Kier alpha value is -1.87. The van der Waals surface area contributed by atoms with Crippen molar-refractivity contribution in [3.63, 3.8) is 0 Å². The molecule has 0 saturated heterocycles. The van der Waals surface area contributed by atoms with Crippen LogP contribution in [-0.4, -0.2) is 5.11 Å². The van der Waals surface area contributed by atoms with Crippen molar-refractivity contribution >= 4 is 21.6 Å². The third kappa shape index (κ3) is 1.59. The minimum Gasteiger partial charge on any atom is -0.507 e. The van der Waals surface area contributed by atoms with Crippen LogP contribution in [0.1, 0.15) is 0 Å². The Morgan fingerprint density at radius 2 is 1.71 bits per heavy atom. The quantitative estimate of drug-likeness (QED) is 0.651. The molecule has 1 N–H and O–H groups in total. The minimum absolute atomic E-state index is 0.328. The molecule has 0 bridgehead atoms. The molecule has 0 unspecified atom stereocenters. The molecule has 0 fully saturated rings. The molecule has 0 radical (unpaired) electrons. The van der Waals surface area contributed by atoms with Gasteiger partial charge in [-0.3, -0.25) is 0 Å². The number of para-hydroxylation sites is 2. The number of aromatic nitrogens is 1. The zero-order chi connectivity index (χ0) is 11.8. The van der Waals surface area contributed by atoms with E-state index in [1.54, 1.807) is 17.4 Å². The zero-order valence-corrected chi connectivity index (χ0v) is 10.2. The Balaban J connectivity index is 2.32. The van der Waals surface area contributed by atoms with Gasteiger partial charge in [-0.1, -0.05) is 35.6 Å². The first kappa shape index (κ1) is 10.3. The van der Waals surface area contributed by atoms with Gasteiger partial charge in [0.05, 0.1) is 5.56 Å². The van der Waals surface area contributed by atoms with Crippen LogP contribution in [0, 0.1) is 0 Å². The molecule has 1 aromatic heterocycles. The smallest absolute Gasteiger partial charge is 0.273 e. The summed E-state index contributed by atoms with van der Waals surface area (Å²) in [7, 11) is 2.03. The maximum absolute atomic E-state index is 9.91. The summed E-state index contributed by atoms with van der Waals surface area (Å²) in [5.74, 6) is 0.328. The van der Waals surface area contributed by atoms with Crippen LogP contribution in [0.2, 0.25) is 0 Å². The van der Waals surface area contributed by atoms with Gasteiger partial charge in [-0.25, -0.2) is 0 Å². The van der Waals surface area contributed by atoms with Crippen molar-refractivity contribution < 1.29 is 9.67 Å². The molecule has 2 aromatic carbocycles. The predicted molar refractivity (Wildman–Crippen MR) is 70.1 cm³/mol. The minimum atomic E-state index is 0.328. The summed E-state index contributed by atoms with van der Waals surface area (Å²) >= 11 is 1.69. The highest BCUT2D eigenvalue weighted by Crippen LogP contribution is 2.33. The summed E-state index contributed by atoms with van der Waals surface area (Å²) < 4.78 is 3.35. The average Bonchev–Trinajstić information content (AvgIpc) is 2.68. The van der Waals surface area contributed by atoms with Gasteiger partial charge in [-0.05, 0) is 18.2 Å². The van der Waals surface area contributed by atoms with E-state index in [4.69, 9.17) is 0 Å². The number of hydrogen-bond acceptors (Lipinski definition) is 2. The normalized spacial score (nSPS) is 10.9. The fourth-order valence-corrected chi connectivity index (χ4v) is 3.18. The van der Waals surface area contributed by atoms with Crippen LogP contribution in [0.3, 0.4) is 0 Å². The van der Waals surface area contributed by atoms with Crippen molar-refractivity contribution in [3.8, 4) is 16.3 Å². The van der Waals surface area contributed by atoms with Gasteiger partial charge in [0.2, 0.25) is 5.52 Å². The van der Waals surface area contributed by atoms with Crippen LogP contribution in [0.5, 0.6) is 5.75 Å². The molecule has 2 nitrogen and oxygen atoms in total. The molecule has 0 amide bonds. The van der Waals surface area contributed by atoms with Gasteiger partial charge in [0.1, 0.15) is 17.5 Å². The van der Waals surface area contributed by atoms with Crippen molar-refractivity contribution in [1.29, 1.82) is 0 Å². The largest absolute Gasteiger partial charge is 0.507 e. The second-order valence-corrected chi connectivity index (χ2v) is 4.98. The van der Waals surface area contributed by atoms with E-state index in [2.05, 4.69) is 16.7 Å². The molecular weight excluding hydrogens is 230 g/mol. The highest BCUT2D eigenvalue weighted by Gasteiger charge is 2.20. The first-order valence-electron chi connectivity index (χ1n) is 5.43. The van der Waals surface area contributed by atoms with Crippen molar-refractivity contribution in [2.45, 2.75) is 0 Å². The van der Waals surface area contributed by atoms with Gasteiger partial charge >= 0.3 is 0 Å². The molecule has 3 rings (SSSR count). The molecule has 0 aliphatic rings. The molecule has 84 valence electrons. The molecule has 0 spiro atoms. The Morgan fingerprint density at radius 1 is 1.00 bits per heavy atom. The molecule has 0 atom stereocenters.